The fraction of sp³-hybridized carbons (Fsp3) is 0.267. The zero-order valence-corrected chi connectivity index (χ0v) is 11.5. The molecule has 1 aromatic heterocycles. The number of fused-ring (bicyclic) bond motifs is 1. The van der Waals surface area contributed by atoms with E-state index in [4.69, 9.17) is 0 Å². The highest BCUT2D eigenvalue weighted by Crippen LogP contribution is 2.39. The molecule has 19 heavy (non-hydrogen) atoms. The van der Waals surface area contributed by atoms with E-state index in [1.807, 2.05) is 25.4 Å². The molecule has 0 bridgehead atoms. The van der Waals surface area contributed by atoms with Gasteiger partial charge >= 0.3 is 0 Å². The number of nitrogens with zero attached hydrogens (tertiary/aromatic N) is 1. The highest BCUT2D eigenvalue weighted by Gasteiger charge is 2.22. The van der Waals surface area contributed by atoms with Gasteiger partial charge in [0.05, 0.1) is 11.7 Å². The van der Waals surface area contributed by atoms with Crippen molar-refractivity contribution in [2.75, 3.05) is 11.1 Å². The maximum atomic E-state index is 13.8. The molecule has 0 saturated carbocycles. The third-order valence-electron chi connectivity index (χ3n) is 3.24. The van der Waals surface area contributed by atoms with Gasteiger partial charge < -0.3 is 5.32 Å². The van der Waals surface area contributed by atoms with Crippen molar-refractivity contribution in [3.05, 3.63) is 53.6 Å². The predicted octanol–water partition coefficient (Wildman–Crippen LogP) is 4.18. The van der Waals surface area contributed by atoms with Crippen LogP contribution in [0.25, 0.3) is 0 Å². The zero-order valence-electron chi connectivity index (χ0n) is 10.7. The first-order valence-corrected chi connectivity index (χ1v) is 7.32. The van der Waals surface area contributed by atoms with Gasteiger partial charge in [-0.05, 0) is 36.6 Å². The molecule has 0 fully saturated rings. The summed E-state index contributed by atoms with van der Waals surface area (Å²) in [5, 5.41) is 3.46. The first kappa shape index (κ1) is 12.5. The molecular weight excluding hydrogens is 259 g/mol. The Kier molecular flexibility index (Phi) is 3.42. The largest absolute Gasteiger partial charge is 0.377 e. The van der Waals surface area contributed by atoms with E-state index < -0.39 is 0 Å². The van der Waals surface area contributed by atoms with Gasteiger partial charge in [-0.2, -0.15) is 0 Å². The number of benzene rings is 1. The molecule has 0 radical (unpaired) electrons. The lowest BCUT2D eigenvalue weighted by Crippen LogP contribution is -2.17. The number of halogens is 1. The predicted molar refractivity (Wildman–Crippen MR) is 77.1 cm³/mol. The van der Waals surface area contributed by atoms with Crippen LogP contribution in [-0.2, 0) is 0 Å². The second-order valence-corrected chi connectivity index (χ2v) is 5.85. The van der Waals surface area contributed by atoms with Crippen LogP contribution < -0.4 is 5.32 Å². The Hall–Kier alpha value is -1.55. The second kappa shape index (κ2) is 5.21. The zero-order chi connectivity index (χ0) is 13.2. The van der Waals surface area contributed by atoms with E-state index in [2.05, 4.69) is 16.4 Å². The number of rotatable bonds is 2. The van der Waals surface area contributed by atoms with Crippen molar-refractivity contribution in [3.8, 4) is 0 Å². The van der Waals surface area contributed by atoms with Gasteiger partial charge in [-0.1, -0.05) is 12.1 Å². The van der Waals surface area contributed by atoms with Crippen LogP contribution in [0, 0.1) is 12.7 Å². The molecule has 98 valence electrons. The maximum Gasteiger partial charge on any atom is 0.137 e. The molecule has 2 nitrogen and oxygen atoms in total. The van der Waals surface area contributed by atoms with Crippen molar-refractivity contribution in [2.24, 2.45) is 0 Å². The van der Waals surface area contributed by atoms with E-state index in [1.54, 1.807) is 17.8 Å². The van der Waals surface area contributed by atoms with E-state index >= 15 is 0 Å². The van der Waals surface area contributed by atoms with Gasteiger partial charge in [-0.15, -0.1) is 11.8 Å². The summed E-state index contributed by atoms with van der Waals surface area (Å²) >= 11 is 1.60. The molecule has 1 aromatic carbocycles. The summed E-state index contributed by atoms with van der Waals surface area (Å²) in [6.45, 7) is 2.02. The smallest absolute Gasteiger partial charge is 0.137 e. The van der Waals surface area contributed by atoms with Gasteiger partial charge in [0.1, 0.15) is 5.82 Å². The average molecular weight is 274 g/mol. The normalized spacial score (nSPS) is 17.9. The Morgan fingerprint density at radius 3 is 3.11 bits per heavy atom. The Labute approximate surface area is 116 Å². The summed E-state index contributed by atoms with van der Waals surface area (Å²) in [6.07, 6.45) is 4.64. The lowest BCUT2D eigenvalue weighted by Gasteiger charge is -2.27. The molecule has 4 heteroatoms. The monoisotopic (exact) mass is 274 g/mol. The fourth-order valence-corrected chi connectivity index (χ4v) is 3.51. The summed E-state index contributed by atoms with van der Waals surface area (Å²) < 4.78 is 13.8. The van der Waals surface area contributed by atoms with Crippen LogP contribution in [0.2, 0.25) is 0 Å². The molecule has 0 spiro atoms. The Balaban J connectivity index is 1.90. The van der Waals surface area contributed by atoms with Gasteiger partial charge in [0.15, 0.2) is 0 Å². The number of hydrogen-bond donors (Lipinski definition) is 1. The van der Waals surface area contributed by atoms with Crippen LogP contribution in [0.15, 0.2) is 41.6 Å². The second-order valence-electron chi connectivity index (χ2n) is 4.74. The lowest BCUT2D eigenvalue weighted by molar-refractivity contribution is 0.585. The molecule has 0 aliphatic carbocycles. The molecule has 3 rings (SSSR count). The van der Waals surface area contributed by atoms with Crippen molar-refractivity contribution in [1.82, 2.24) is 4.98 Å². The molecule has 1 aliphatic heterocycles. The van der Waals surface area contributed by atoms with E-state index in [1.165, 1.54) is 6.07 Å². The van der Waals surface area contributed by atoms with E-state index in [0.29, 0.717) is 0 Å². The molecule has 0 amide bonds. The number of nitrogens with one attached hydrogen (secondary N) is 1. The van der Waals surface area contributed by atoms with Gasteiger partial charge in [0.2, 0.25) is 0 Å². The van der Waals surface area contributed by atoms with Gasteiger partial charge in [-0.3, -0.25) is 4.98 Å². The maximum absolute atomic E-state index is 13.8. The van der Waals surface area contributed by atoms with Crippen LogP contribution in [0.3, 0.4) is 0 Å². The quantitative estimate of drug-likeness (QED) is 0.889. The highest BCUT2D eigenvalue weighted by atomic mass is 32.2. The van der Waals surface area contributed by atoms with E-state index in [-0.39, 0.29) is 11.9 Å². The van der Waals surface area contributed by atoms with Crippen LogP contribution in [0.1, 0.15) is 23.6 Å². The van der Waals surface area contributed by atoms with Crippen molar-refractivity contribution in [2.45, 2.75) is 24.3 Å². The van der Waals surface area contributed by atoms with Crippen molar-refractivity contribution < 1.29 is 4.39 Å². The van der Waals surface area contributed by atoms with Crippen LogP contribution in [-0.4, -0.2) is 10.7 Å². The lowest BCUT2D eigenvalue weighted by atomic mass is 10.0. The third-order valence-corrected chi connectivity index (χ3v) is 4.40. The summed E-state index contributed by atoms with van der Waals surface area (Å²) in [7, 11) is 0. The number of thioether (sulfide) groups is 1. The van der Waals surface area contributed by atoms with E-state index in [0.717, 1.165) is 33.9 Å². The van der Waals surface area contributed by atoms with Crippen molar-refractivity contribution in [1.29, 1.82) is 0 Å². The molecular formula is C15H15FN2S. The molecule has 1 aliphatic rings. The Bertz CT molecular complexity index is 600. The molecule has 2 heterocycles. The summed E-state index contributed by atoms with van der Waals surface area (Å²) in [5.41, 5.74) is 3.17. The fourth-order valence-electron chi connectivity index (χ4n) is 2.37. The Morgan fingerprint density at radius 2 is 2.26 bits per heavy atom. The first-order chi connectivity index (χ1) is 9.24. The number of hydrogen-bond acceptors (Lipinski definition) is 3. The van der Waals surface area contributed by atoms with Crippen molar-refractivity contribution in [3.63, 3.8) is 0 Å². The van der Waals surface area contributed by atoms with Crippen LogP contribution in [0.5, 0.6) is 0 Å². The van der Waals surface area contributed by atoms with E-state index in [9.17, 15) is 4.39 Å². The highest BCUT2D eigenvalue weighted by molar-refractivity contribution is 7.99. The summed E-state index contributed by atoms with van der Waals surface area (Å²) in [5.74, 6) is 0.821. The number of pyridine rings is 1. The van der Waals surface area contributed by atoms with Crippen molar-refractivity contribution >= 4 is 17.4 Å². The molecule has 2 aromatic rings. The van der Waals surface area contributed by atoms with Crippen LogP contribution >= 0.6 is 11.8 Å². The molecule has 1 N–H and O–H groups in total. The average Bonchev–Trinajstić information content (AvgIpc) is 2.40. The molecule has 0 saturated heterocycles. The Morgan fingerprint density at radius 1 is 1.37 bits per heavy atom. The molecule has 1 unspecified atom stereocenters. The minimum atomic E-state index is -0.114. The minimum absolute atomic E-state index is 0.114. The number of aryl methyl sites for hydroxylation is 1. The van der Waals surface area contributed by atoms with Gasteiger partial charge in [0, 0.05) is 23.0 Å². The van der Waals surface area contributed by atoms with Gasteiger partial charge in [0.25, 0.3) is 0 Å². The number of anilines is 1. The van der Waals surface area contributed by atoms with Crippen LogP contribution in [0.4, 0.5) is 10.1 Å². The third kappa shape index (κ3) is 2.59. The summed E-state index contributed by atoms with van der Waals surface area (Å²) in [6, 6.07) is 7.54. The number of aromatic nitrogens is 1. The molecule has 1 atom stereocenters. The standard InChI is InChI=1S/C15H15FN2S/c1-10-7-11(9-17-8-10)18-14-5-6-19-15-12(14)3-2-4-13(15)16/h2-4,7-9,14,18H,5-6H2,1H3. The topological polar surface area (TPSA) is 24.9 Å². The summed E-state index contributed by atoms with van der Waals surface area (Å²) in [4.78, 5) is 4.97. The minimum Gasteiger partial charge on any atom is -0.377 e. The first-order valence-electron chi connectivity index (χ1n) is 6.33. The SMILES string of the molecule is Cc1cncc(NC2CCSc3c(F)cccc32)c1. The van der Waals surface area contributed by atoms with Gasteiger partial charge in [-0.25, -0.2) is 4.39 Å².